The Morgan fingerprint density at radius 3 is 2.24 bits per heavy atom. The van der Waals surface area contributed by atoms with E-state index in [-0.39, 0.29) is 47.9 Å². The molecule has 1 atom stereocenters. The molecule has 188 valence electrons. The largest absolute Gasteiger partial charge is 0.444 e. The van der Waals surface area contributed by atoms with Crippen molar-refractivity contribution in [3.63, 3.8) is 0 Å². The van der Waals surface area contributed by atoms with Gasteiger partial charge < -0.3 is 25.6 Å². The normalized spacial score (nSPS) is 12.5. The molecule has 33 heavy (non-hydrogen) atoms. The highest BCUT2D eigenvalue weighted by molar-refractivity contribution is 14.0. The van der Waals surface area contributed by atoms with Crippen LogP contribution in [0.5, 0.6) is 0 Å². The predicted molar refractivity (Wildman–Crippen MR) is 145 cm³/mol. The fourth-order valence-corrected chi connectivity index (χ4v) is 3.01. The number of guanidine groups is 1. The summed E-state index contributed by atoms with van der Waals surface area (Å²) in [5.74, 6) is 0.963. The minimum atomic E-state index is -0.522. The minimum absolute atomic E-state index is 0. The highest BCUT2D eigenvalue weighted by atomic mass is 127. The third-order valence-electron chi connectivity index (χ3n) is 4.83. The molecule has 0 bridgehead atoms. The molecule has 8 nitrogen and oxygen atoms in total. The van der Waals surface area contributed by atoms with Crippen molar-refractivity contribution in [2.24, 2.45) is 10.9 Å². The summed E-state index contributed by atoms with van der Waals surface area (Å²) in [6.07, 6.45) is 0.373. The summed E-state index contributed by atoms with van der Waals surface area (Å²) in [5, 5.41) is 8.93. The third kappa shape index (κ3) is 12.1. The van der Waals surface area contributed by atoms with Crippen LogP contribution < -0.4 is 16.0 Å². The SMILES string of the molecule is CCNC(=NCc1ccc(C(=O)NC)cc1)N(C)CCC(NC(=O)OC(C)(C)C)C(C)C.I. The van der Waals surface area contributed by atoms with E-state index in [4.69, 9.17) is 9.73 Å². The van der Waals surface area contributed by atoms with Crippen LogP contribution in [0.15, 0.2) is 29.3 Å². The van der Waals surface area contributed by atoms with E-state index in [0.29, 0.717) is 12.1 Å². The molecule has 0 radical (unpaired) electrons. The highest BCUT2D eigenvalue weighted by Crippen LogP contribution is 2.11. The fraction of sp³-hybridized carbons (Fsp3) is 0.625. The van der Waals surface area contributed by atoms with Crippen LogP contribution in [0, 0.1) is 5.92 Å². The van der Waals surface area contributed by atoms with E-state index in [1.807, 2.05) is 46.9 Å². The summed E-state index contributed by atoms with van der Waals surface area (Å²) in [6, 6.07) is 7.42. The van der Waals surface area contributed by atoms with Gasteiger partial charge in [-0.25, -0.2) is 9.79 Å². The van der Waals surface area contributed by atoms with Gasteiger partial charge in [0.15, 0.2) is 5.96 Å². The van der Waals surface area contributed by atoms with Crippen LogP contribution in [-0.2, 0) is 11.3 Å². The molecular formula is C24H42IN5O3. The maximum atomic E-state index is 12.2. The number of carbonyl (C=O) groups excluding carboxylic acids is 2. The highest BCUT2D eigenvalue weighted by Gasteiger charge is 2.22. The lowest BCUT2D eigenvalue weighted by molar-refractivity contribution is 0.0485. The van der Waals surface area contributed by atoms with Crippen molar-refractivity contribution < 1.29 is 14.3 Å². The molecule has 2 amide bonds. The third-order valence-corrected chi connectivity index (χ3v) is 4.83. The van der Waals surface area contributed by atoms with E-state index in [9.17, 15) is 9.59 Å². The van der Waals surface area contributed by atoms with Crippen molar-refractivity contribution in [2.45, 2.75) is 66.2 Å². The van der Waals surface area contributed by atoms with Crippen molar-refractivity contribution in [1.29, 1.82) is 0 Å². The molecule has 9 heteroatoms. The molecule has 0 aliphatic carbocycles. The first-order valence-corrected chi connectivity index (χ1v) is 11.3. The molecule has 1 unspecified atom stereocenters. The van der Waals surface area contributed by atoms with Crippen LogP contribution in [0.2, 0.25) is 0 Å². The topological polar surface area (TPSA) is 95.1 Å². The van der Waals surface area contributed by atoms with E-state index < -0.39 is 5.60 Å². The summed E-state index contributed by atoms with van der Waals surface area (Å²) in [6.45, 7) is 13.8. The van der Waals surface area contributed by atoms with E-state index in [2.05, 4.69) is 34.7 Å². The number of aliphatic imine (C=N–C) groups is 1. The van der Waals surface area contributed by atoms with Gasteiger partial charge in [0.05, 0.1) is 6.54 Å². The zero-order valence-electron chi connectivity index (χ0n) is 21.3. The second-order valence-corrected chi connectivity index (χ2v) is 9.15. The number of carbonyl (C=O) groups is 2. The van der Waals surface area contributed by atoms with Crippen LogP contribution in [0.3, 0.4) is 0 Å². The molecule has 1 aromatic carbocycles. The van der Waals surface area contributed by atoms with Crippen molar-refractivity contribution >= 4 is 41.9 Å². The summed E-state index contributed by atoms with van der Waals surface area (Å²) in [4.78, 5) is 30.7. The van der Waals surface area contributed by atoms with Crippen LogP contribution in [-0.4, -0.2) is 61.7 Å². The molecule has 1 aromatic rings. The van der Waals surface area contributed by atoms with E-state index in [1.165, 1.54) is 0 Å². The molecule has 0 aromatic heterocycles. The van der Waals surface area contributed by atoms with Gasteiger partial charge in [-0.05, 0) is 57.7 Å². The summed E-state index contributed by atoms with van der Waals surface area (Å²) in [5.41, 5.74) is 1.13. The van der Waals surface area contributed by atoms with Gasteiger partial charge in [-0.3, -0.25) is 4.79 Å². The van der Waals surface area contributed by atoms with Gasteiger partial charge in [0.25, 0.3) is 5.91 Å². The molecular weight excluding hydrogens is 533 g/mol. The van der Waals surface area contributed by atoms with Gasteiger partial charge in [0.1, 0.15) is 5.60 Å². The van der Waals surface area contributed by atoms with Gasteiger partial charge in [-0.1, -0.05) is 26.0 Å². The molecule has 0 heterocycles. The number of ether oxygens (including phenoxy) is 1. The van der Waals surface area contributed by atoms with Crippen LogP contribution >= 0.6 is 24.0 Å². The summed E-state index contributed by atoms with van der Waals surface area (Å²) in [7, 11) is 3.60. The standard InChI is InChI=1S/C24H41N5O3.HI/c1-9-26-22(27-16-18-10-12-19(13-11-18)21(30)25-7)29(8)15-14-20(17(2)3)28-23(31)32-24(4,5)6;/h10-13,17,20H,9,14-16H2,1-8H3,(H,25,30)(H,26,27)(H,28,31);1H. The molecule has 3 N–H and O–H groups in total. The van der Waals surface area contributed by atoms with Gasteiger partial charge in [-0.2, -0.15) is 0 Å². The number of halogens is 1. The lowest BCUT2D eigenvalue weighted by Gasteiger charge is -2.28. The van der Waals surface area contributed by atoms with Crippen molar-refractivity contribution in [2.75, 3.05) is 27.2 Å². The van der Waals surface area contributed by atoms with E-state index in [1.54, 1.807) is 19.2 Å². The average Bonchev–Trinajstić information content (AvgIpc) is 2.72. The Morgan fingerprint density at radius 2 is 1.76 bits per heavy atom. The smallest absolute Gasteiger partial charge is 0.407 e. The number of nitrogens with zero attached hydrogens (tertiary/aromatic N) is 2. The van der Waals surface area contributed by atoms with Crippen LogP contribution in [0.4, 0.5) is 4.79 Å². The fourth-order valence-electron chi connectivity index (χ4n) is 3.01. The number of amides is 2. The quantitative estimate of drug-likeness (QED) is 0.235. The van der Waals surface area contributed by atoms with Gasteiger partial charge in [0, 0.05) is 38.8 Å². The lowest BCUT2D eigenvalue weighted by Crippen LogP contribution is -2.45. The number of alkyl carbamates (subject to hydrolysis) is 1. The summed E-state index contributed by atoms with van der Waals surface area (Å²) < 4.78 is 5.40. The number of hydrogen-bond donors (Lipinski definition) is 3. The zero-order valence-corrected chi connectivity index (χ0v) is 23.7. The maximum absolute atomic E-state index is 12.2. The van der Waals surface area contributed by atoms with Crippen LogP contribution in [0.25, 0.3) is 0 Å². The van der Waals surface area contributed by atoms with Crippen molar-refractivity contribution in [3.05, 3.63) is 35.4 Å². The van der Waals surface area contributed by atoms with Crippen molar-refractivity contribution in [1.82, 2.24) is 20.9 Å². The van der Waals surface area contributed by atoms with Crippen molar-refractivity contribution in [3.8, 4) is 0 Å². The van der Waals surface area contributed by atoms with Gasteiger partial charge in [0.2, 0.25) is 0 Å². The monoisotopic (exact) mass is 575 g/mol. The number of nitrogens with one attached hydrogen (secondary N) is 3. The summed E-state index contributed by atoms with van der Waals surface area (Å²) >= 11 is 0. The molecule has 0 saturated carbocycles. The molecule has 0 aliphatic heterocycles. The minimum Gasteiger partial charge on any atom is -0.444 e. The maximum Gasteiger partial charge on any atom is 0.407 e. The van der Waals surface area contributed by atoms with E-state index >= 15 is 0 Å². The second-order valence-electron chi connectivity index (χ2n) is 9.15. The Morgan fingerprint density at radius 1 is 1.15 bits per heavy atom. The van der Waals surface area contributed by atoms with Crippen LogP contribution in [0.1, 0.15) is 63.9 Å². The Bertz CT molecular complexity index is 760. The molecule has 0 saturated heterocycles. The lowest BCUT2D eigenvalue weighted by atomic mass is 10.0. The first kappa shape index (κ1) is 31.0. The Hall–Kier alpha value is -2.04. The predicted octanol–water partition coefficient (Wildman–Crippen LogP) is 4.00. The molecule has 0 spiro atoms. The Kier molecular flexibility index (Phi) is 14.1. The Balaban J connectivity index is 0.0000102. The number of benzene rings is 1. The average molecular weight is 576 g/mol. The number of rotatable bonds is 9. The molecule has 1 rings (SSSR count). The second kappa shape index (κ2) is 15.0. The molecule has 0 fully saturated rings. The first-order chi connectivity index (χ1) is 15.0. The Labute approximate surface area is 216 Å². The number of hydrogen-bond acceptors (Lipinski definition) is 4. The zero-order chi connectivity index (χ0) is 24.3. The first-order valence-electron chi connectivity index (χ1n) is 11.3. The van der Waals surface area contributed by atoms with E-state index in [0.717, 1.165) is 31.0 Å². The van der Waals surface area contributed by atoms with Gasteiger partial charge >= 0.3 is 6.09 Å². The molecule has 0 aliphatic rings. The van der Waals surface area contributed by atoms with Gasteiger partial charge in [-0.15, -0.1) is 24.0 Å².